The molecule has 2 aliphatic carbocycles. The Kier molecular flexibility index (Phi) is 3.06. The van der Waals surface area contributed by atoms with Gasteiger partial charge in [-0.2, -0.15) is 0 Å². The molecule has 1 N–H and O–H groups in total. The summed E-state index contributed by atoms with van der Waals surface area (Å²) in [5.41, 5.74) is 1.78. The van der Waals surface area contributed by atoms with Crippen molar-refractivity contribution in [3.63, 3.8) is 0 Å². The van der Waals surface area contributed by atoms with E-state index in [0.29, 0.717) is 11.3 Å². The Bertz CT molecular complexity index is 467. The molecular formula is C16H26N2S. The van der Waals surface area contributed by atoms with Gasteiger partial charge in [0.05, 0.1) is 11.2 Å². The minimum absolute atomic E-state index is 0.133. The Morgan fingerprint density at radius 3 is 2.37 bits per heavy atom. The molecule has 2 fully saturated rings. The van der Waals surface area contributed by atoms with E-state index in [2.05, 4.69) is 39.9 Å². The third-order valence-electron chi connectivity index (χ3n) is 4.91. The highest BCUT2D eigenvalue weighted by Gasteiger charge is 2.53. The maximum absolute atomic E-state index is 4.92. The van der Waals surface area contributed by atoms with Gasteiger partial charge in [-0.25, -0.2) is 4.98 Å². The van der Waals surface area contributed by atoms with Crippen LogP contribution in [-0.4, -0.2) is 11.0 Å². The monoisotopic (exact) mass is 278 g/mol. The number of thiazole rings is 1. The quantitative estimate of drug-likeness (QED) is 0.898. The standard InChI is InChI=1S/C16H26N2S/c1-10-8-15(4,5)9-16(10,18-13-6-7-13)14-17-11(2)12(3)19-14/h10,13,18H,6-9H2,1-5H3. The molecule has 2 unspecified atom stereocenters. The normalized spacial score (nSPS) is 33.8. The molecular weight excluding hydrogens is 252 g/mol. The van der Waals surface area contributed by atoms with Gasteiger partial charge in [-0.05, 0) is 50.9 Å². The summed E-state index contributed by atoms with van der Waals surface area (Å²) in [6, 6.07) is 0.737. The number of aryl methyl sites for hydroxylation is 2. The van der Waals surface area contributed by atoms with E-state index < -0.39 is 0 Å². The van der Waals surface area contributed by atoms with Gasteiger partial charge in [-0.15, -0.1) is 11.3 Å². The van der Waals surface area contributed by atoms with Crippen LogP contribution in [0.2, 0.25) is 0 Å². The van der Waals surface area contributed by atoms with Crippen LogP contribution in [0.5, 0.6) is 0 Å². The zero-order valence-electron chi connectivity index (χ0n) is 12.8. The van der Waals surface area contributed by atoms with Crippen molar-refractivity contribution in [2.75, 3.05) is 0 Å². The summed E-state index contributed by atoms with van der Waals surface area (Å²) in [5.74, 6) is 0.674. The fraction of sp³-hybridized carbons (Fsp3) is 0.812. The highest BCUT2D eigenvalue weighted by molar-refractivity contribution is 7.11. The van der Waals surface area contributed by atoms with Gasteiger partial charge in [-0.1, -0.05) is 20.8 Å². The van der Waals surface area contributed by atoms with Crippen LogP contribution in [-0.2, 0) is 5.54 Å². The Hall–Kier alpha value is -0.410. The minimum atomic E-state index is 0.133. The molecule has 2 atom stereocenters. The molecule has 0 saturated heterocycles. The maximum Gasteiger partial charge on any atom is 0.114 e. The predicted octanol–water partition coefficient (Wildman–Crippen LogP) is 4.16. The van der Waals surface area contributed by atoms with Crippen molar-refractivity contribution in [1.29, 1.82) is 0 Å². The van der Waals surface area contributed by atoms with E-state index in [1.54, 1.807) is 0 Å². The molecule has 1 heterocycles. The summed E-state index contributed by atoms with van der Waals surface area (Å²) < 4.78 is 0. The third-order valence-corrected chi connectivity index (χ3v) is 6.16. The average Bonchev–Trinajstić information content (AvgIpc) is 2.97. The van der Waals surface area contributed by atoms with Crippen molar-refractivity contribution in [2.45, 2.75) is 71.9 Å². The van der Waals surface area contributed by atoms with Crippen LogP contribution in [0.3, 0.4) is 0 Å². The first-order chi connectivity index (χ1) is 8.82. The Morgan fingerprint density at radius 2 is 1.95 bits per heavy atom. The fourth-order valence-corrected chi connectivity index (χ4v) is 4.98. The molecule has 0 spiro atoms. The van der Waals surface area contributed by atoms with E-state index in [-0.39, 0.29) is 5.54 Å². The SMILES string of the molecule is Cc1nc(C2(NC3CC3)CC(C)(C)CC2C)sc1C. The van der Waals surface area contributed by atoms with E-state index >= 15 is 0 Å². The number of hydrogen-bond acceptors (Lipinski definition) is 3. The minimum Gasteiger partial charge on any atom is -0.302 e. The van der Waals surface area contributed by atoms with E-state index in [9.17, 15) is 0 Å². The molecule has 0 amide bonds. The zero-order valence-corrected chi connectivity index (χ0v) is 13.7. The number of nitrogens with one attached hydrogen (secondary N) is 1. The Labute approximate surface area is 121 Å². The first-order valence-electron chi connectivity index (χ1n) is 7.55. The molecule has 2 aliphatic rings. The Balaban J connectivity index is 2.01. The second-order valence-corrected chi connectivity index (χ2v) is 8.70. The summed E-state index contributed by atoms with van der Waals surface area (Å²) in [5, 5.41) is 5.32. The first kappa shape index (κ1) is 13.6. The second-order valence-electron chi connectivity index (χ2n) is 7.50. The van der Waals surface area contributed by atoms with Crippen LogP contribution < -0.4 is 5.32 Å². The summed E-state index contributed by atoms with van der Waals surface area (Å²) in [6.07, 6.45) is 5.21. The van der Waals surface area contributed by atoms with Crippen molar-refractivity contribution >= 4 is 11.3 Å². The lowest BCUT2D eigenvalue weighted by Gasteiger charge is -2.34. The zero-order chi connectivity index (χ0) is 13.8. The molecule has 0 radical (unpaired) electrons. The van der Waals surface area contributed by atoms with Gasteiger partial charge in [-0.3, -0.25) is 0 Å². The highest BCUT2D eigenvalue weighted by atomic mass is 32.1. The van der Waals surface area contributed by atoms with Crippen molar-refractivity contribution in [3.8, 4) is 0 Å². The van der Waals surface area contributed by atoms with Gasteiger partial charge in [0.25, 0.3) is 0 Å². The van der Waals surface area contributed by atoms with Crippen LogP contribution >= 0.6 is 11.3 Å². The summed E-state index contributed by atoms with van der Waals surface area (Å²) in [6.45, 7) is 11.6. The van der Waals surface area contributed by atoms with Gasteiger partial charge >= 0.3 is 0 Å². The summed E-state index contributed by atoms with van der Waals surface area (Å²) >= 11 is 1.91. The molecule has 0 aliphatic heterocycles. The van der Waals surface area contributed by atoms with Gasteiger partial charge in [0, 0.05) is 10.9 Å². The van der Waals surface area contributed by atoms with Crippen molar-refractivity contribution in [1.82, 2.24) is 10.3 Å². The molecule has 2 saturated carbocycles. The molecule has 1 aromatic rings. The summed E-state index contributed by atoms with van der Waals surface area (Å²) in [4.78, 5) is 6.30. The van der Waals surface area contributed by atoms with E-state index in [1.165, 1.54) is 41.3 Å². The van der Waals surface area contributed by atoms with Crippen LogP contribution in [0, 0.1) is 25.2 Å². The second kappa shape index (κ2) is 4.29. The predicted molar refractivity (Wildman–Crippen MR) is 81.6 cm³/mol. The molecule has 3 rings (SSSR count). The van der Waals surface area contributed by atoms with Gasteiger partial charge in [0.1, 0.15) is 5.01 Å². The number of rotatable bonds is 3. The first-order valence-corrected chi connectivity index (χ1v) is 8.36. The fourth-order valence-electron chi connectivity index (χ4n) is 3.80. The molecule has 2 nitrogen and oxygen atoms in total. The molecule has 0 aromatic carbocycles. The number of nitrogens with zero attached hydrogens (tertiary/aromatic N) is 1. The van der Waals surface area contributed by atoms with E-state index in [0.717, 1.165) is 6.04 Å². The molecule has 19 heavy (non-hydrogen) atoms. The van der Waals surface area contributed by atoms with Crippen LogP contribution in [0.25, 0.3) is 0 Å². The van der Waals surface area contributed by atoms with E-state index in [4.69, 9.17) is 4.98 Å². The molecule has 3 heteroatoms. The average molecular weight is 278 g/mol. The van der Waals surface area contributed by atoms with Crippen molar-refractivity contribution in [2.24, 2.45) is 11.3 Å². The van der Waals surface area contributed by atoms with Crippen molar-refractivity contribution in [3.05, 3.63) is 15.6 Å². The molecule has 1 aromatic heterocycles. The van der Waals surface area contributed by atoms with E-state index in [1.807, 2.05) is 11.3 Å². The molecule has 0 bridgehead atoms. The van der Waals surface area contributed by atoms with Crippen molar-refractivity contribution < 1.29 is 0 Å². The summed E-state index contributed by atoms with van der Waals surface area (Å²) in [7, 11) is 0. The largest absolute Gasteiger partial charge is 0.302 e. The van der Waals surface area contributed by atoms with Crippen LogP contribution in [0.1, 0.15) is 62.0 Å². The highest BCUT2D eigenvalue weighted by Crippen LogP contribution is 2.54. The smallest absolute Gasteiger partial charge is 0.114 e. The number of hydrogen-bond donors (Lipinski definition) is 1. The van der Waals surface area contributed by atoms with Crippen LogP contribution in [0.4, 0.5) is 0 Å². The molecule has 106 valence electrons. The van der Waals surface area contributed by atoms with Gasteiger partial charge < -0.3 is 5.32 Å². The number of aromatic nitrogens is 1. The lowest BCUT2D eigenvalue weighted by Crippen LogP contribution is -2.46. The van der Waals surface area contributed by atoms with Gasteiger partial charge in [0.2, 0.25) is 0 Å². The topological polar surface area (TPSA) is 24.9 Å². The maximum atomic E-state index is 4.92. The third kappa shape index (κ3) is 2.36. The Morgan fingerprint density at radius 1 is 1.26 bits per heavy atom. The van der Waals surface area contributed by atoms with Gasteiger partial charge in [0.15, 0.2) is 0 Å². The van der Waals surface area contributed by atoms with Crippen LogP contribution in [0.15, 0.2) is 0 Å². The lowest BCUT2D eigenvalue weighted by atomic mass is 9.86. The lowest BCUT2D eigenvalue weighted by molar-refractivity contribution is 0.247.